The van der Waals surface area contributed by atoms with E-state index in [9.17, 15) is 0 Å². The van der Waals surface area contributed by atoms with Gasteiger partial charge in [0.1, 0.15) is 0 Å². The van der Waals surface area contributed by atoms with Gasteiger partial charge in [0, 0.05) is 16.5 Å². The summed E-state index contributed by atoms with van der Waals surface area (Å²) in [6.45, 7) is 4.46. The van der Waals surface area contributed by atoms with Crippen molar-refractivity contribution in [1.29, 1.82) is 0 Å². The van der Waals surface area contributed by atoms with Crippen LogP contribution >= 0.6 is 48.9 Å². The molecule has 0 aliphatic rings. The molecule has 0 saturated heterocycles. The molecule has 4 aromatic carbocycles. The van der Waals surface area contributed by atoms with Crippen LogP contribution < -0.4 is 0 Å². The van der Waals surface area contributed by atoms with Crippen molar-refractivity contribution in [3.8, 4) is 0 Å². The first-order chi connectivity index (χ1) is 20.4. The van der Waals surface area contributed by atoms with Crippen LogP contribution in [-0.4, -0.2) is 19.5 Å². The summed E-state index contributed by atoms with van der Waals surface area (Å²) >= 11 is 22.1. The van der Waals surface area contributed by atoms with Crippen LogP contribution in [0, 0.1) is 0 Å². The average Bonchev–Trinajstić information content (AvgIpc) is 3.05. The molecule has 0 heterocycles. The SMILES string of the molecule is CCCCCc1ccc(C(=S)C(=S)c2ccccc2)cc1.CCCCCc1ccc(C(=S)C(=S)c2ccccc2)cc1.[Ni]. The van der Waals surface area contributed by atoms with Crippen LogP contribution in [0.5, 0.6) is 0 Å². The van der Waals surface area contributed by atoms with E-state index < -0.39 is 0 Å². The number of rotatable bonds is 14. The van der Waals surface area contributed by atoms with Crippen LogP contribution in [0.2, 0.25) is 0 Å². The van der Waals surface area contributed by atoms with E-state index in [1.165, 1.54) is 49.7 Å². The molecule has 0 radical (unpaired) electrons. The molecule has 5 heteroatoms. The summed E-state index contributed by atoms with van der Waals surface area (Å²) in [4.78, 5) is 3.03. The van der Waals surface area contributed by atoms with Crippen molar-refractivity contribution >= 4 is 68.3 Å². The van der Waals surface area contributed by atoms with Crippen LogP contribution in [0.15, 0.2) is 109 Å². The Hall–Kier alpha value is -2.27. The molecule has 43 heavy (non-hydrogen) atoms. The normalized spacial score (nSPS) is 10.1. The second kappa shape index (κ2) is 20.6. The molecule has 226 valence electrons. The van der Waals surface area contributed by atoms with E-state index in [4.69, 9.17) is 48.9 Å². The predicted octanol–water partition coefficient (Wildman–Crippen LogP) is 11.1. The maximum absolute atomic E-state index is 5.53. The fourth-order valence-corrected chi connectivity index (χ4v) is 5.52. The van der Waals surface area contributed by atoms with Crippen molar-refractivity contribution in [3.63, 3.8) is 0 Å². The van der Waals surface area contributed by atoms with Crippen LogP contribution in [-0.2, 0) is 29.3 Å². The maximum atomic E-state index is 5.53. The van der Waals surface area contributed by atoms with Gasteiger partial charge in [-0.15, -0.1) is 0 Å². The van der Waals surface area contributed by atoms with Crippen LogP contribution in [0.25, 0.3) is 0 Å². The van der Waals surface area contributed by atoms with E-state index >= 15 is 0 Å². The molecule has 0 saturated carbocycles. The van der Waals surface area contributed by atoms with Crippen molar-refractivity contribution in [1.82, 2.24) is 0 Å². The first-order valence-corrected chi connectivity index (χ1v) is 16.5. The Kier molecular flexibility index (Phi) is 17.7. The number of aryl methyl sites for hydroxylation is 2. The van der Waals surface area contributed by atoms with Gasteiger partial charge in [-0.3, -0.25) is 0 Å². The zero-order valence-corrected chi connectivity index (χ0v) is 29.3. The third-order valence-electron chi connectivity index (χ3n) is 7.05. The largest absolute Gasteiger partial charge is 0.0778 e. The molecule has 0 spiro atoms. The number of unbranched alkanes of at least 4 members (excludes halogenated alkanes) is 4. The van der Waals surface area contributed by atoms with Crippen molar-refractivity contribution in [2.75, 3.05) is 0 Å². The quantitative estimate of drug-likeness (QED) is 0.0561. The molecule has 0 atom stereocenters. The van der Waals surface area contributed by atoms with Crippen molar-refractivity contribution < 1.29 is 16.5 Å². The van der Waals surface area contributed by atoms with E-state index in [2.05, 4.69) is 62.4 Å². The van der Waals surface area contributed by atoms with E-state index in [1.54, 1.807) is 0 Å². The van der Waals surface area contributed by atoms with E-state index in [0.717, 1.165) is 54.6 Å². The van der Waals surface area contributed by atoms with E-state index in [1.807, 2.05) is 60.7 Å². The van der Waals surface area contributed by atoms with Crippen LogP contribution in [0.3, 0.4) is 0 Å². The predicted molar refractivity (Wildman–Crippen MR) is 199 cm³/mol. The minimum Gasteiger partial charge on any atom is -0.0778 e. The van der Waals surface area contributed by atoms with Gasteiger partial charge in [0.05, 0.1) is 19.5 Å². The van der Waals surface area contributed by atoms with Crippen molar-refractivity contribution in [2.24, 2.45) is 0 Å². The number of benzene rings is 4. The van der Waals surface area contributed by atoms with Gasteiger partial charge in [-0.25, -0.2) is 0 Å². The summed E-state index contributed by atoms with van der Waals surface area (Å²) in [5, 5.41) is 0. The Balaban J connectivity index is 0.000000293. The van der Waals surface area contributed by atoms with Gasteiger partial charge in [-0.05, 0) is 59.1 Å². The number of hydrogen-bond acceptors (Lipinski definition) is 4. The first kappa shape index (κ1) is 36.9. The molecule has 0 bridgehead atoms. The molecule has 0 aromatic heterocycles. The summed E-state index contributed by atoms with van der Waals surface area (Å²) in [6, 6.07) is 37.0. The third kappa shape index (κ3) is 12.3. The molecule has 0 amide bonds. The summed E-state index contributed by atoms with van der Waals surface area (Å²) < 4.78 is 0. The number of hydrogen-bond donors (Lipinski definition) is 0. The molecular formula is C38H40NiS4. The average molecular weight is 684 g/mol. The Morgan fingerprint density at radius 1 is 0.395 bits per heavy atom. The molecule has 0 aliphatic carbocycles. The van der Waals surface area contributed by atoms with Crippen molar-refractivity contribution in [2.45, 2.75) is 65.2 Å². The second-order valence-electron chi connectivity index (χ2n) is 10.4. The summed E-state index contributed by atoms with van der Waals surface area (Å²) in [5.74, 6) is 0. The van der Waals surface area contributed by atoms with Gasteiger partial charge in [-0.1, -0.05) is 198 Å². The fourth-order valence-electron chi connectivity index (χ4n) is 4.51. The molecule has 0 fully saturated rings. The molecule has 4 rings (SSSR count). The van der Waals surface area contributed by atoms with Gasteiger partial charge < -0.3 is 0 Å². The molecule has 0 N–H and O–H groups in total. The van der Waals surface area contributed by atoms with E-state index in [0.29, 0.717) is 0 Å². The van der Waals surface area contributed by atoms with E-state index in [-0.39, 0.29) is 16.5 Å². The van der Waals surface area contributed by atoms with Gasteiger partial charge in [0.15, 0.2) is 0 Å². The maximum Gasteiger partial charge on any atom is 0.0636 e. The second-order valence-corrected chi connectivity index (χ2v) is 12.0. The van der Waals surface area contributed by atoms with Crippen LogP contribution in [0.4, 0.5) is 0 Å². The topological polar surface area (TPSA) is 0 Å². The monoisotopic (exact) mass is 682 g/mol. The van der Waals surface area contributed by atoms with Gasteiger partial charge in [-0.2, -0.15) is 0 Å². The molecule has 4 aromatic rings. The Bertz CT molecular complexity index is 1310. The molecule has 0 aliphatic heterocycles. The van der Waals surface area contributed by atoms with Gasteiger partial charge >= 0.3 is 0 Å². The minimum atomic E-state index is 0. The first-order valence-electron chi connectivity index (χ1n) is 14.9. The van der Waals surface area contributed by atoms with Crippen molar-refractivity contribution in [3.05, 3.63) is 143 Å². The van der Waals surface area contributed by atoms with Gasteiger partial charge in [0.25, 0.3) is 0 Å². The van der Waals surface area contributed by atoms with Crippen LogP contribution in [0.1, 0.15) is 85.8 Å². The Labute approximate surface area is 290 Å². The molecular weight excluding hydrogens is 643 g/mol. The smallest absolute Gasteiger partial charge is 0.0636 e. The van der Waals surface area contributed by atoms with Gasteiger partial charge in [0.2, 0.25) is 0 Å². The Morgan fingerprint density at radius 2 is 0.674 bits per heavy atom. The minimum absolute atomic E-state index is 0. The third-order valence-corrected chi connectivity index (χ3v) is 9.07. The number of thiocarbonyl (C=S) groups is 4. The fraction of sp³-hybridized carbons (Fsp3) is 0.263. The summed E-state index contributed by atoms with van der Waals surface area (Å²) in [5.41, 5.74) is 6.87. The zero-order valence-electron chi connectivity index (χ0n) is 25.0. The Morgan fingerprint density at radius 3 is 0.953 bits per heavy atom. The molecule has 0 unspecified atom stereocenters. The summed E-state index contributed by atoms with van der Waals surface area (Å²) in [7, 11) is 0. The summed E-state index contributed by atoms with van der Waals surface area (Å²) in [6.07, 6.45) is 9.89. The standard InChI is InChI=1S/2C19H20S2.Ni/c2*1-2-3-5-8-15-11-13-17(14-12-15)19(21)18(20)16-9-6-4-7-10-16;/h2*4,6-7,9-14H,2-3,5,8H2,1H3;. The zero-order chi connectivity index (χ0) is 30.2. The molecule has 0 nitrogen and oxygen atoms in total.